The number of anilines is 1. The van der Waals surface area contributed by atoms with Gasteiger partial charge >= 0.3 is 0 Å². The van der Waals surface area contributed by atoms with Gasteiger partial charge in [-0.1, -0.05) is 19.1 Å². The highest BCUT2D eigenvalue weighted by Crippen LogP contribution is 2.22. The van der Waals surface area contributed by atoms with Crippen LogP contribution in [0, 0.1) is 0 Å². The number of H-pyrrole nitrogens is 2. The first-order chi connectivity index (χ1) is 11.8. The summed E-state index contributed by atoms with van der Waals surface area (Å²) in [5.74, 6) is 1.20. The first-order valence-corrected chi connectivity index (χ1v) is 7.66. The Morgan fingerprint density at radius 1 is 1.21 bits per heavy atom. The Bertz CT molecular complexity index is 1070. The zero-order chi connectivity index (χ0) is 16.5. The Morgan fingerprint density at radius 3 is 2.96 bits per heavy atom. The summed E-state index contributed by atoms with van der Waals surface area (Å²) >= 11 is 0. The number of rotatable bonds is 4. The number of fused-ring (bicyclic) bond motifs is 2. The Morgan fingerprint density at radius 2 is 2.08 bits per heavy atom. The molecule has 8 heteroatoms. The maximum Gasteiger partial charge on any atom is 0.258 e. The van der Waals surface area contributed by atoms with Gasteiger partial charge in [0, 0.05) is 0 Å². The highest BCUT2D eigenvalue weighted by Gasteiger charge is 2.16. The van der Waals surface area contributed by atoms with E-state index in [0.717, 1.165) is 11.9 Å². The van der Waals surface area contributed by atoms with E-state index in [-0.39, 0.29) is 11.6 Å². The Labute approximate surface area is 136 Å². The number of nitrogens with zero attached hydrogens (tertiary/aromatic N) is 4. The molecule has 0 aliphatic carbocycles. The Hall–Kier alpha value is -3.29. The fourth-order valence-electron chi connectivity index (χ4n) is 2.67. The third-order valence-corrected chi connectivity index (χ3v) is 3.90. The zero-order valence-electron chi connectivity index (χ0n) is 12.9. The quantitative estimate of drug-likeness (QED) is 0.531. The fourth-order valence-corrected chi connectivity index (χ4v) is 2.67. The van der Waals surface area contributed by atoms with Crippen molar-refractivity contribution >= 4 is 27.9 Å². The van der Waals surface area contributed by atoms with Crippen molar-refractivity contribution in [2.24, 2.45) is 0 Å². The van der Waals surface area contributed by atoms with E-state index in [1.807, 2.05) is 25.1 Å². The molecule has 0 radical (unpaired) electrons. The standard InChI is InChI=1S/C16H15N7O/c1-2-10(21-15-12-14(18-7-17-12)19-8-20-15)13-22-11-6-4-3-5-9(11)16(24)23-13/h3-8,10H,2H2,1H3,(H,22,23,24)(H2,17,18,19,20,21)/t10-/m0/s1. The van der Waals surface area contributed by atoms with Gasteiger partial charge in [0.25, 0.3) is 5.56 Å². The molecule has 0 aliphatic heterocycles. The van der Waals surface area contributed by atoms with Crippen LogP contribution in [-0.4, -0.2) is 29.9 Å². The molecule has 8 nitrogen and oxygen atoms in total. The first-order valence-electron chi connectivity index (χ1n) is 7.66. The van der Waals surface area contributed by atoms with Crippen molar-refractivity contribution in [1.29, 1.82) is 0 Å². The van der Waals surface area contributed by atoms with Crippen molar-refractivity contribution in [1.82, 2.24) is 29.9 Å². The second kappa shape index (κ2) is 5.73. The van der Waals surface area contributed by atoms with Crippen molar-refractivity contribution in [2.75, 3.05) is 5.32 Å². The number of nitrogens with one attached hydrogen (secondary N) is 3. The van der Waals surface area contributed by atoms with Gasteiger partial charge in [-0.25, -0.2) is 19.9 Å². The van der Waals surface area contributed by atoms with Crippen LogP contribution in [0.3, 0.4) is 0 Å². The molecular weight excluding hydrogens is 306 g/mol. The van der Waals surface area contributed by atoms with Crippen molar-refractivity contribution in [3.8, 4) is 0 Å². The van der Waals surface area contributed by atoms with Gasteiger partial charge in [0.15, 0.2) is 11.5 Å². The number of para-hydroxylation sites is 1. The van der Waals surface area contributed by atoms with Gasteiger partial charge in [-0.05, 0) is 18.6 Å². The third-order valence-electron chi connectivity index (χ3n) is 3.90. The summed E-state index contributed by atoms with van der Waals surface area (Å²) in [5, 5.41) is 3.89. The minimum absolute atomic E-state index is 0.148. The van der Waals surface area contributed by atoms with Gasteiger partial charge in [0.05, 0.1) is 23.3 Å². The predicted molar refractivity (Wildman–Crippen MR) is 90.7 cm³/mol. The van der Waals surface area contributed by atoms with Crippen LogP contribution in [0.15, 0.2) is 41.7 Å². The van der Waals surface area contributed by atoms with Crippen molar-refractivity contribution < 1.29 is 0 Å². The van der Waals surface area contributed by atoms with Crippen LogP contribution in [0.25, 0.3) is 22.1 Å². The zero-order valence-corrected chi connectivity index (χ0v) is 12.9. The van der Waals surface area contributed by atoms with Crippen LogP contribution < -0.4 is 10.9 Å². The summed E-state index contributed by atoms with van der Waals surface area (Å²) in [5.41, 5.74) is 1.83. The summed E-state index contributed by atoms with van der Waals surface area (Å²) in [4.78, 5) is 35.2. The van der Waals surface area contributed by atoms with Gasteiger partial charge in [0.2, 0.25) is 0 Å². The number of aromatic amines is 2. The molecule has 3 heterocycles. The molecule has 0 bridgehead atoms. The molecule has 4 rings (SSSR count). The lowest BCUT2D eigenvalue weighted by molar-refractivity contribution is 0.691. The molecule has 0 spiro atoms. The minimum atomic E-state index is -0.191. The van der Waals surface area contributed by atoms with E-state index >= 15 is 0 Å². The Kier molecular flexibility index (Phi) is 3.42. The summed E-state index contributed by atoms with van der Waals surface area (Å²) in [7, 11) is 0. The SMILES string of the molecule is CC[C@H](Nc1ncnc2nc[nH]c12)c1nc2ccccc2c(=O)[nH]1. The molecule has 24 heavy (non-hydrogen) atoms. The number of imidazole rings is 1. The first kappa shape index (κ1) is 14.3. The Balaban J connectivity index is 1.76. The maximum atomic E-state index is 12.3. The molecule has 4 aromatic rings. The van der Waals surface area contributed by atoms with Crippen LogP contribution in [0.4, 0.5) is 5.82 Å². The topological polar surface area (TPSA) is 112 Å². The molecule has 3 aromatic heterocycles. The van der Waals surface area contributed by atoms with E-state index in [1.54, 1.807) is 12.4 Å². The van der Waals surface area contributed by atoms with E-state index < -0.39 is 0 Å². The molecule has 0 fully saturated rings. The van der Waals surface area contributed by atoms with E-state index in [0.29, 0.717) is 28.2 Å². The third kappa shape index (κ3) is 2.37. The van der Waals surface area contributed by atoms with Crippen LogP contribution in [0.5, 0.6) is 0 Å². The lowest BCUT2D eigenvalue weighted by Gasteiger charge is -2.17. The average molecular weight is 321 g/mol. The molecule has 1 aromatic carbocycles. The number of hydrogen-bond donors (Lipinski definition) is 3. The van der Waals surface area contributed by atoms with Gasteiger partial charge in [-0.15, -0.1) is 0 Å². The second-order valence-corrected chi connectivity index (χ2v) is 5.40. The summed E-state index contributed by atoms with van der Waals surface area (Å²) in [6.07, 6.45) is 3.75. The van der Waals surface area contributed by atoms with Crippen LogP contribution in [0.1, 0.15) is 25.2 Å². The van der Waals surface area contributed by atoms with Crippen LogP contribution >= 0.6 is 0 Å². The van der Waals surface area contributed by atoms with Gasteiger partial charge < -0.3 is 15.3 Å². The van der Waals surface area contributed by atoms with Gasteiger partial charge in [-0.2, -0.15) is 0 Å². The van der Waals surface area contributed by atoms with E-state index in [2.05, 4.69) is 35.2 Å². The summed E-state index contributed by atoms with van der Waals surface area (Å²) in [6.45, 7) is 2.01. The molecule has 120 valence electrons. The molecular formula is C16H15N7O. The normalized spacial score (nSPS) is 12.5. The molecule has 0 saturated carbocycles. The molecule has 0 unspecified atom stereocenters. The van der Waals surface area contributed by atoms with Crippen molar-refractivity contribution in [2.45, 2.75) is 19.4 Å². The van der Waals surface area contributed by atoms with Gasteiger partial charge in [0.1, 0.15) is 17.7 Å². The maximum absolute atomic E-state index is 12.3. The molecule has 3 N–H and O–H groups in total. The summed E-state index contributed by atoms with van der Waals surface area (Å²) in [6, 6.07) is 7.09. The second-order valence-electron chi connectivity index (χ2n) is 5.40. The lowest BCUT2D eigenvalue weighted by Crippen LogP contribution is -2.20. The summed E-state index contributed by atoms with van der Waals surface area (Å²) < 4.78 is 0. The van der Waals surface area contributed by atoms with Crippen molar-refractivity contribution in [3.05, 3.63) is 53.1 Å². The van der Waals surface area contributed by atoms with Crippen LogP contribution in [0.2, 0.25) is 0 Å². The van der Waals surface area contributed by atoms with Gasteiger partial charge in [-0.3, -0.25) is 4.79 Å². The number of hydrogen-bond acceptors (Lipinski definition) is 6. The molecule has 0 aliphatic rings. The fraction of sp³-hybridized carbons (Fsp3) is 0.188. The monoisotopic (exact) mass is 321 g/mol. The largest absolute Gasteiger partial charge is 0.358 e. The van der Waals surface area contributed by atoms with E-state index in [1.165, 1.54) is 6.33 Å². The smallest absolute Gasteiger partial charge is 0.258 e. The van der Waals surface area contributed by atoms with Crippen LogP contribution in [-0.2, 0) is 0 Å². The molecule has 0 saturated heterocycles. The predicted octanol–water partition coefficient (Wildman–Crippen LogP) is 2.15. The lowest BCUT2D eigenvalue weighted by atomic mass is 10.2. The van der Waals surface area contributed by atoms with E-state index in [4.69, 9.17) is 0 Å². The highest BCUT2D eigenvalue weighted by molar-refractivity contribution is 5.82. The molecule has 0 amide bonds. The minimum Gasteiger partial charge on any atom is -0.358 e. The number of aromatic nitrogens is 6. The molecule has 1 atom stereocenters. The number of benzene rings is 1. The average Bonchev–Trinajstić information content (AvgIpc) is 3.09. The van der Waals surface area contributed by atoms with E-state index in [9.17, 15) is 4.79 Å². The van der Waals surface area contributed by atoms with Crippen molar-refractivity contribution in [3.63, 3.8) is 0 Å². The highest BCUT2D eigenvalue weighted by atomic mass is 16.1.